The number of carboxylic acid groups (broad SMARTS) is 1. The fourth-order valence-corrected chi connectivity index (χ4v) is 2.34. The Labute approximate surface area is 96.9 Å². The maximum atomic E-state index is 10.9. The number of benzene rings is 1. The van der Waals surface area contributed by atoms with Crippen LogP contribution in [0.25, 0.3) is 10.2 Å². The predicted octanol–water partition coefficient (Wildman–Crippen LogP) is 2.57. The molecule has 2 rings (SSSR count). The van der Waals surface area contributed by atoms with Gasteiger partial charge in [-0.2, -0.15) is 0 Å². The molecule has 0 spiro atoms. The topological polar surface area (TPSA) is 62.2 Å². The Bertz CT molecular complexity index is 476. The van der Waals surface area contributed by atoms with E-state index in [-0.39, 0.29) is 0 Å². The number of rotatable bonds is 4. The summed E-state index contributed by atoms with van der Waals surface area (Å²) in [6, 6.07) is 7.18. The third kappa shape index (κ3) is 2.14. The molecule has 84 valence electrons. The minimum absolute atomic E-state index is 0.533. The van der Waals surface area contributed by atoms with E-state index in [1.807, 2.05) is 31.2 Å². The summed E-state index contributed by atoms with van der Waals surface area (Å²) in [5.41, 5.74) is 0.898. The lowest BCUT2D eigenvalue weighted by Crippen LogP contribution is -2.28. The number of nitrogens with one attached hydrogen (secondary N) is 1. The van der Waals surface area contributed by atoms with E-state index in [0.29, 0.717) is 11.6 Å². The highest BCUT2D eigenvalue weighted by Gasteiger charge is 2.16. The van der Waals surface area contributed by atoms with Crippen molar-refractivity contribution in [2.24, 2.45) is 0 Å². The van der Waals surface area contributed by atoms with Gasteiger partial charge < -0.3 is 10.4 Å². The van der Waals surface area contributed by atoms with E-state index in [4.69, 9.17) is 5.11 Å². The van der Waals surface area contributed by atoms with Gasteiger partial charge in [0.25, 0.3) is 0 Å². The molecule has 2 aromatic rings. The number of hydrogen-bond donors (Lipinski definition) is 2. The maximum absolute atomic E-state index is 10.9. The summed E-state index contributed by atoms with van der Waals surface area (Å²) in [5, 5.41) is 12.5. The minimum atomic E-state index is -0.846. The van der Waals surface area contributed by atoms with Gasteiger partial charge in [0.15, 0.2) is 5.13 Å². The quantitative estimate of drug-likeness (QED) is 0.856. The third-order valence-electron chi connectivity index (χ3n) is 2.30. The van der Waals surface area contributed by atoms with E-state index in [0.717, 1.165) is 10.2 Å². The van der Waals surface area contributed by atoms with E-state index in [1.54, 1.807) is 0 Å². The van der Waals surface area contributed by atoms with Crippen molar-refractivity contribution in [1.29, 1.82) is 0 Å². The molecule has 0 aliphatic carbocycles. The van der Waals surface area contributed by atoms with Crippen LogP contribution in [0.1, 0.15) is 13.3 Å². The second kappa shape index (κ2) is 4.49. The van der Waals surface area contributed by atoms with Gasteiger partial charge in [0.2, 0.25) is 0 Å². The molecule has 0 saturated carbocycles. The summed E-state index contributed by atoms with van der Waals surface area (Å²) >= 11 is 1.47. The number of carboxylic acids is 1. The first-order valence-corrected chi connectivity index (χ1v) is 5.87. The number of nitrogens with zero attached hydrogens (tertiary/aromatic N) is 1. The Morgan fingerprint density at radius 2 is 2.31 bits per heavy atom. The zero-order valence-corrected chi connectivity index (χ0v) is 9.62. The van der Waals surface area contributed by atoms with E-state index < -0.39 is 12.0 Å². The Kier molecular flexibility index (Phi) is 3.05. The molecule has 1 heterocycles. The van der Waals surface area contributed by atoms with E-state index >= 15 is 0 Å². The highest BCUT2D eigenvalue weighted by Crippen LogP contribution is 2.26. The average Bonchev–Trinajstić information content (AvgIpc) is 2.67. The number of hydrogen-bond acceptors (Lipinski definition) is 4. The fourth-order valence-electron chi connectivity index (χ4n) is 1.42. The van der Waals surface area contributed by atoms with Crippen molar-refractivity contribution in [2.75, 3.05) is 5.32 Å². The first-order chi connectivity index (χ1) is 7.70. The molecule has 0 aliphatic rings. The molecule has 1 aromatic heterocycles. The van der Waals surface area contributed by atoms with Crippen LogP contribution in [0.5, 0.6) is 0 Å². The second-order valence-electron chi connectivity index (χ2n) is 3.43. The first-order valence-electron chi connectivity index (χ1n) is 5.05. The summed E-state index contributed by atoms with van der Waals surface area (Å²) < 4.78 is 1.06. The Morgan fingerprint density at radius 1 is 1.56 bits per heavy atom. The van der Waals surface area contributed by atoms with Crippen molar-refractivity contribution < 1.29 is 9.90 Å². The summed E-state index contributed by atoms with van der Waals surface area (Å²) in [7, 11) is 0. The Balaban J connectivity index is 2.24. The molecule has 5 heteroatoms. The monoisotopic (exact) mass is 236 g/mol. The van der Waals surface area contributed by atoms with Crippen LogP contribution in [0.4, 0.5) is 5.13 Å². The van der Waals surface area contributed by atoms with Gasteiger partial charge in [-0.15, -0.1) is 0 Å². The van der Waals surface area contributed by atoms with Crippen molar-refractivity contribution in [3.63, 3.8) is 0 Å². The van der Waals surface area contributed by atoms with Gasteiger partial charge in [0.05, 0.1) is 10.2 Å². The van der Waals surface area contributed by atoms with E-state index in [9.17, 15) is 4.79 Å². The Morgan fingerprint density at radius 3 is 2.94 bits per heavy atom. The van der Waals surface area contributed by atoms with Crippen LogP contribution < -0.4 is 5.32 Å². The molecular formula is C11H12N2O2S. The molecule has 1 unspecified atom stereocenters. The molecule has 1 aromatic carbocycles. The smallest absolute Gasteiger partial charge is 0.326 e. The van der Waals surface area contributed by atoms with Crippen molar-refractivity contribution in [3.8, 4) is 0 Å². The molecule has 0 bridgehead atoms. The van der Waals surface area contributed by atoms with E-state index in [1.165, 1.54) is 11.3 Å². The molecule has 16 heavy (non-hydrogen) atoms. The predicted molar refractivity (Wildman–Crippen MR) is 65.0 cm³/mol. The lowest BCUT2D eigenvalue weighted by molar-refractivity contribution is -0.137. The van der Waals surface area contributed by atoms with Gasteiger partial charge in [0.1, 0.15) is 6.04 Å². The molecular weight excluding hydrogens is 224 g/mol. The summed E-state index contributed by atoms with van der Waals surface area (Å²) in [4.78, 5) is 15.2. The van der Waals surface area contributed by atoms with Crippen molar-refractivity contribution >= 4 is 32.7 Å². The van der Waals surface area contributed by atoms with Gasteiger partial charge in [-0.1, -0.05) is 30.4 Å². The molecule has 0 fully saturated rings. The van der Waals surface area contributed by atoms with Gasteiger partial charge >= 0.3 is 5.97 Å². The molecule has 2 N–H and O–H groups in total. The summed E-state index contributed by atoms with van der Waals surface area (Å²) in [6.45, 7) is 1.83. The number of anilines is 1. The normalized spacial score (nSPS) is 12.6. The zero-order valence-electron chi connectivity index (χ0n) is 8.80. The van der Waals surface area contributed by atoms with Gasteiger partial charge in [-0.25, -0.2) is 9.78 Å². The highest BCUT2D eigenvalue weighted by atomic mass is 32.1. The molecule has 4 nitrogen and oxygen atoms in total. The standard InChI is InChI=1S/C11H12N2O2S/c1-2-7(10(14)15)12-11-13-8-5-3-4-6-9(8)16-11/h3-7H,2H2,1H3,(H,12,13)(H,14,15). The highest BCUT2D eigenvalue weighted by molar-refractivity contribution is 7.22. The van der Waals surface area contributed by atoms with Crippen LogP contribution >= 0.6 is 11.3 Å². The number of aliphatic carboxylic acids is 1. The lowest BCUT2D eigenvalue weighted by atomic mass is 10.2. The molecule has 0 saturated heterocycles. The number of para-hydroxylation sites is 1. The molecule has 0 aliphatic heterocycles. The van der Waals surface area contributed by atoms with Crippen LogP contribution in [0, 0.1) is 0 Å². The van der Waals surface area contributed by atoms with Crippen LogP contribution in [0.3, 0.4) is 0 Å². The Hall–Kier alpha value is -1.62. The van der Waals surface area contributed by atoms with Gasteiger partial charge in [0, 0.05) is 0 Å². The largest absolute Gasteiger partial charge is 0.480 e. The lowest BCUT2D eigenvalue weighted by Gasteiger charge is -2.09. The first kappa shape index (κ1) is 10.9. The SMILES string of the molecule is CCC(Nc1nc2ccccc2s1)C(=O)O. The number of thiazole rings is 1. The van der Waals surface area contributed by atoms with Crippen LogP contribution in [0.2, 0.25) is 0 Å². The van der Waals surface area contributed by atoms with E-state index in [2.05, 4.69) is 10.3 Å². The number of aromatic nitrogens is 1. The fraction of sp³-hybridized carbons (Fsp3) is 0.273. The summed E-state index contributed by atoms with van der Waals surface area (Å²) in [6.07, 6.45) is 0.533. The molecule has 0 amide bonds. The van der Waals surface area contributed by atoms with Crippen molar-refractivity contribution in [3.05, 3.63) is 24.3 Å². The van der Waals surface area contributed by atoms with Crippen LogP contribution in [0.15, 0.2) is 24.3 Å². The van der Waals surface area contributed by atoms with Gasteiger partial charge in [-0.3, -0.25) is 0 Å². The van der Waals surface area contributed by atoms with Gasteiger partial charge in [-0.05, 0) is 18.6 Å². The van der Waals surface area contributed by atoms with Crippen molar-refractivity contribution in [2.45, 2.75) is 19.4 Å². The number of carbonyl (C=O) groups is 1. The maximum Gasteiger partial charge on any atom is 0.326 e. The zero-order chi connectivity index (χ0) is 11.5. The molecule has 0 radical (unpaired) electrons. The minimum Gasteiger partial charge on any atom is -0.480 e. The average molecular weight is 236 g/mol. The van der Waals surface area contributed by atoms with Crippen molar-refractivity contribution in [1.82, 2.24) is 4.98 Å². The number of fused-ring (bicyclic) bond motifs is 1. The van der Waals surface area contributed by atoms with Crippen LogP contribution in [-0.2, 0) is 4.79 Å². The summed E-state index contributed by atoms with van der Waals surface area (Å²) in [5.74, 6) is -0.846. The second-order valence-corrected chi connectivity index (χ2v) is 4.46. The molecule has 1 atom stereocenters. The van der Waals surface area contributed by atoms with Crippen LogP contribution in [-0.4, -0.2) is 22.1 Å². The third-order valence-corrected chi connectivity index (χ3v) is 3.27.